The molecule has 0 bridgehead atoms. The molecule has 1 amide bonds. The maximum Gasteiger partial charge on any atom is 0.225 e. The predicted octanol–water partition coefficient (Wildman–Crippen LogP) is 2.18. The zero-order chi connectivity index (χ0) is 13.3. The van der Waals surface area contributed by atoms with E-state index in [9.17, 15) is 4.79 Å². The normalized spacial score (nSPS) is 34.7. The van der Waals surface area contributed by atoms with E-state index in [-0.39, 0.29) is 11.7 Å². The molecule has 19 heavy (non-hydrogen) atoms. The van der Waals surface area contributed by atoms with Crippen LogP contribution in [0.4, 0.5) is 0 Å². The van der Waals surface area contributed by atoms with Crippen LogP contribution in [-0.4, -0.2) is 42.9 Å². The van der Waals surface area contributed by atoms with Crippen molar-refractivity contribution < 1.29 is 14.3 Å². The topological polar surface area (TPSA) is 38.8 Å². The van der Waals surface area contributed by atoms with Crippen molar-refractivity contribution in [3.05, 3.63) is 0 Å². The standard InChI is InChI=1S/C15H25NO3/c1-12-2-4-13(5-3-12)14(17)16-8-6-15(7-9-16)18-10-11-19-15/h12-13H,2-11H2,1H3. The molecule has 3 rings (SSSR count). The lowest BCUT2D eigenvalue weighted by Crippen LogP contribution is -2.49. The van der Waals surface area contributed by atoms with Crippen LogP contribution in [-0.2, 0) is 14.3 Å². The summed E-state index contributed by atoms with van der Waals surface area (Å²) < 4.78 is 11.4. The summed E-state index contributed by atoms with van der Waals surface area (Å²) in [6.45, 7) is 5.29. The Kier molecular flexibility index (Phi) is 3.81. The monoisotopic (exact) mass is 267 g/mol. The zero-order valence-electron chi connectivity index (χ0n) is 11.9. The first-order valence-corrected chi connectivity index (χ1v) is 7.75. The molecule has 1 spiro atoms. The van der Waals surface area contributed by atoms with Crippen LogP contribution < -0.4 is 0 Å². The quantitative estimate of drug-likeness (QED) is 0.731. The summed E-state index contributed by atoms with van der Waals surface area (Å²) in [6.07, 6.45) is 6.24. The Bertz CT molecular complexity index is 320. The van der Waals surface area contributed by atoms with Gasteiger partial charge in [0, 0.05) is 31.8 Å². The smallest absolute Gasteiger partial charge is 0.225 e. The van der Waals surface area contributed by atoms with Gasteiger partial charge in [0.15, 0.2) is 5.79 Å². The van der Waals surface area contributed by atoms with E-state index in [1.807, 2.05) is 4.90 Å². The number of amides is 1. The number of carbonyl (C=O) groups excluding carboxylic acids is 1. The molecule has 2 aliphatic heterocycles. The molecule has 0 unspecified atom stereocenters. The minimum atomic E-state index is -0.363. The van der Waals surface area contributed by atoms with Crippen molar-refractivity contribution in [2.75, 3.05) is 26.3 Å². The third-order valence-corrected chi connectivity index (χ3v) is 5.02. The van der Waals surface area contributed by atoms with E-state index in [1.165, 1.54) is 12.8 Å². The highest BCUT2D eigenvalue weighted by molar-refractivity contribution is 5.79. The van der Waals surface area contributed by atoms with Gasteiger partial charge in [-0.1, -0.05) is 6.92 Å². The lowest BCUT2D eigenvalue weighted by Gasteiger charge is -2.39. The van der Waals surface area contributed by atoms with Gasteiger partial charge in [0.1, 0.15) is 0 Å². The van der Waals surface area contributed by atoms with E-state index in [1.54, 1.807) is 0 Å². The molecule has 0 N–H and O–H groups in total. The van der Waals surface area contributed by atoms with Gasteiger partial charge in [-0.3, -0.25) is 4.79 Å². The van der Waals surface area contributed by atoms with Crippen molar-refractivity contribution >= 4 is 5.91 Å². The zero-order valence-corrected chi connectivity index (χ0v) is 11.9. The van der Waals surface area contributed by atoms with Crippen molar-refractivity contribution in [3.63, 3.8) is 0 Å². The Morgan fingerprint density at radius 2 is 1.63 bits per heavy atom. The fourth-order valence-electron chi connectivity index (χ4n) is 3.62. The van der Waals surface area contributed by atoms with Crippen molar-refractivity contribution in [1.82, 2.24) is 4.90 Å². The van der Waals surface area contributed by atoms with Gasteiger partial charge in [-0.25, -0.2) is 0 Å². The molecule has 0 atom stereocenters. The minimum Gasteiger partial charge on any atom is -0.347 e. The second kappa shape index (κ2) is 5.41. The second-order valence-electron chi connectivity index (χ2n) is 6.39. The molecule has 0 aromatic rings. The third kappa shape index (κ3) is 2.79. The van der Waals surface area contributed by atoms with Gasteiger partial charge >= 0.3 is 0 Å². The van der Waals surface area contributed by atoms with Gasteiger partial charge in [0.05, 0.1) is 13.2 Å². The Labute approximate surface area is 115 Å². The molecule has 0 aromatic carbocycles. The first kappa shape index (κ1) is 13.4. The lowest BCUT2D eigenvalue weighted by molar-refractivity contribution is -0.188. The summed E-state index contributed by atoms with van der Waals surface area (Å²) in [5.74, 6) is 1.09. The van der Waals surface area contributed by atoms with E-state index in [0.29, 0.717) is 19.1 Å². The van der Waals surface area contributed by atoms with Crippen molar-refractivity contribution in [1.29, 1.82) is 0 Å². The van der Waals surface area contributed by atoms with Crippen LogP contribution in [0.5, 0.6) is 0 Å². The Morgan fingerprint density at radius 1 is 1.05 bits per heavy atom. The van der Waals surface area contributed by atoms with Gasteiger partial charge < -0.3 is 14.4 Å². The van der Waals surface area contributed by atoms with E-state index in [4.69, 9.17) is 9.47 Å². The van der Waals surface area contributed by atoms with Crippen LogP contribution in [0.15, 0.2) is 0 Å². The second-order valence-corrected chi connectivity index (χ2v) is 6.39. The predicted molar refractivity (Wildman–Crippen MR) is 71.6 cm³/mol. The maximum absolute atomic E-state index is 12.5. The van der Waals surface area contributed by atoms with Crippen LogP contribution in [0, 0.1) is 11.8 Å². The Morgan fingerprint density at radius 3 is 2.21 bits per heavy atom. The maximum atomic E-state index is 12.5. The Balaban J connectivity index is 1.52. The summed E-state index contributed by atoms with van der Waals surface area (Å²) in [6, 6.07) is 0. The van der Waals surface area contributed by atoms with Crippen LogP contribution in [0.3, 0.4) is 0 Å². The van der Waals surface area contributed by atoms with E-state index >= 15 is 0 Å². The van der Waals surface area contributed by atoms with Crippen LogP contribution in [0.1, 0.15) is 45.4 Å². The summed E-state index contributed by atoms with van der Waals surface area (Å²) in [4.78, 5) is 14.5. The van der Waals surface area contributed by atoms with E-state index < -0.39 is 0 Å². The summed E-state index contributed by atoms with van der Waals surface area (Å²) in [5.41, 5.74) is 0. The van der Waals surface area contributed by atoms with Gasteiger partial charge in [0.2, 0.25) is 5.91 Å². The molecule has 0 aromatic heterocycles. The highest BCUT2D eigenvalue weighted by Gasteiger charge is 2.41. The van der Waals surface area contributed by atoms with Crippen molar-refractivity contribution in [3.8, 4) is 0 Å². The van der Waals surface area contributed by atoms with Crippen molar-refractivity contribution in [2.45, 2.75) is 51.2 Å². The summed E-state index contributed by atoms with van der Waals surface area (Å²) >= 11 is 0. The molecule has 1 saturated carbocycles. The number of likely N-dealkylation sites (tertiary alicyclic amines) is 1. The average molecular weight is 267 g/mol. The highest BCUT2D eigenvalue weighted by Crippen LogP contribution is 2.34. The van der Waals surface area contributed by atoms with Crippen LogP contribution >= 0.6 is 0 Å². The molecule has 2 heterocycles. The van der Waals surface area contributed by atoms with Gasteiger partial charge in [-0.2, -0.15) is 0 Å². The molecular formula is C15H25NO3. The molecule has 108 valence electrons. The number of nitrogens with zero attached hydrogens (tertiary/aromatic N) is 1. The number of hydrogen-bond acceptors (Lipinski definition) is 3. The molecule has 2 saturated heterocycles. The minimum absolute atomic E-state index is 0.274. The van der Waals surface area contributed by atoms with Crippen LogP contribution in [0.25, 0.3) is 0 Å². The number of piperidine rings is 1. The largest absolute Gasteiger partial charge is 0.347 e. The number of hydrogen-bond donors (Lipinski definition) is 0. The molecule has 4 heteroatoms. The summed E-state index contributed by atoms with van der Waals surface area (Å²) in [7, 11) is 0. The third-order valence-electron chi connectivity index (χ3n) is 5.02. The molecule has 3 aliphatic rings. The summed E-state index contributed by atoms with van der Waals surface area (Å²) in [5, 5.41) is 0. The number of rotatable bonds is 1. The van der Waals surface area contributed by atoms with Gasteiger partial charge in [0.25, 0.3) is 0 Å². The fraction of sp³-hybridized carbons (Fsp3) is 0.933. The number of ether oxygens (including phenoxy) is 2. The van der Waals surface area contributed by atoms with Crippen molar-refractivity contribution in [2.24, 2.45) is 11.8 Å². The average Bonchev–Trinajstić information content (AvgIpc) is 2.88. The Hall–Kier alpha value is -0.610. The fourth-order valence-corrected chi connectivity index (χ4v) is 3.62. The highest BCUT2D eigenvalue weighted by atomic mass is 16.7. The first-order valence-electron chi connectivity index (χ1n) is 7.75. The first-order chi connectivity index (χ1) is 9.19. The molecule has 3 fully saturated rings. The molecule has 1 aliphatic carbocycles. The van der Waals surface area contributed by atoms with Gasteiger partial charge in [-0.15, -0.1) is 0 Å². The van der Waals surface area contributed by atoms with Gasteiger partial charge in [-0.05, 0) is 31.6 Å². The number of carbonyl (C=O) groups is 1. The van der Waals surface area contributed by atoms with Crippen LogP contribution in [0.2, 0.25) is 0 Å². The SMILES string of the molecule is CC1CCC(C(=O)N2CCC3(CC2)OCCO3)CC1. The van der Waals surface area contributed by atoms with E-state index in [2.05, 4.69) is 6.92 Å². The molecule has 0 radical (unpaired) electrons. The van der Waals surface area contributed by atoms with E-state index in [0.717, 1.165) is 44.7 Å². The lowest BCUT2D eigenvalue weighted by atomic mass is 9.82. The molecule has 4 nitrogen and oxygen atoms in total. The molecular weight excluding hydrogens is 242 g/mol.